The van der Waals surface area contributed by atoms with Gasteiger partial charge in [0.25, 0.3) is 5.91 Å². The molecule has 1 unspecified atom stereocenters. The van der Waals surface area contributed by atoms with Crippen LogP contribution in [0.4, 0.5) is 0 Å². The fourth-order valence-corrected chi connectivity index (χ4v) is 3.53. The summed E-state index contributed by atoms with van der Waals surface area (Å²) < 4.78 is 0. The highest BCUT2D eigenvalue weighted by molar-refractivity contribution is 6.05. The molecule has 1 aromatic carbocycles. The highest BCUT2D eigenvalue weighted by Gasteiger charge is 2.39. The number of rotatable bonds is 6. The predicted molar refractivity (Wildman–Crippen MR) is 89.1 cm³/mol. The first-order chi connectivity index (χ1) is 11.6. The minimum atomic E-state index is -0.548. The van der Waals surface area contributed by atoms with E-state index < -0.39 is 6.04 Å². The van der Waals surface area contributed by atoms with Gasteiger partial charge in [0.1, 0.15) is 6.04 Å². The van der Waals surface area contributed by atoms with Gasteiger partial charge in [-0.15, -0.1) is 0 Å². The Morgan fingerprint density at radius 2 is 2.00 bits per heavy atom. The smallest absolute Gasteiger partial charge is 0.255 e. The third-order valence-corrected chi connectivity index (χ3v) is 4.79. The van der Waals surface area contributed by atoms with Crippen LogP contribution in [0.25, 0.3) is 0 Å². The number of hydrogen-bond acceptors (Lipinski definition) is 4. The number of nitrogens with two attached hydrogens (primary N) is 1. The molecule has 3 N–H and O–H groups in total. The van der Waals surface area contributed by atoms with Crippen LogP contribution in [-0.2, 0) is 22.6 Å². The van der Waals surface area contributed by atoms with Gasteiger partial charge in [0.15, 0.2) is 0 Å². The van der Waals surface area contributed by atoms with Crippen LogP contribution in [0.15, 0.2) is 18.2 Å². The Labute approximate surface area is 141 Å². The summed E-state index contributed by atoms with van der Waals surface area (Å²) in [7, 11) is 0. The Bertz CT molecular complexity index is 671. The summed E-state index contributed by atoms with van der Waals surface area (Å²) in [5, 5.41) is 2.33. The van der Waals surface area contributed by atoms with Crippen molar-refractivity contribution in [2.75, 3.05) is 6.54 Å². The van der Waals surface area contributed by atoms with Crippen LogP contribution in [0, 0.1) is 0 Å². The molecule has 0 aromatic heterocycles. The summed E-state index contributed by atoms with van der Waals surface area (Å²) in [6.45, 7) is 1.13. The molecule has 0 saturated carbocycles. The lowest BCUT2D eigenvalue weighted by Crippen LogP contribution is -2.52. The van der Waals surface area contributed by atoms with E-state index in [9.17, 15) is 14.4 Å². The van der Waals surface area contributed by atoms with Crippen molar-refractivity contribution in [2.45, 2.75) is 51.1 Å². The van der Waals surface area contributed by atoms with Crippen LogP contribution < -0.4 is 11.1 Å². The number of nitrogens with zero attached hydrogens (tertiary/aromatic N) is 1. The molecule has 1 saturated heterocycles. The molecule has 1 aromatic rings. The van der Waals surface area contributed by atoms with Crippen LogP contribution in [0.5, 0.6) is 0 Å². The van der Waals surface area contributed by atoms with Gasteiger partial charge in [0.05, 0.1) is 0 Å². The number of carbonyl (C=O) groups is 3. The maximum Gasteiger partial charge on any atom is 0.255 e. The largest absolute Gasteiger partial charge is 0.330 e. The van der Waals surface area contributed by atoms with Gasteiger partial charge in [-0.3, -0.25) is 19.7 Å². The Morgan fingerprint density at radius 3 is 2.75 bits per heavy atom. The Balaban J connectivity index is 1.75. The second kappa shape index (κ2) is 7.13. The first kappa shape index (κ1) is 16.6. The first-order valence-corrected chi connectivity index (χ1v) is 8.57. The standard InChI is InChI=1S/C18H23N3O3/c19-10-3-1-2-5-12-6-4-7-13-11-21(18(24)16(12)13)14-8-9-15(22)20-17(14)23/h4,6-7,14H,1-3,5,8-11,19H2,(H,20,22,23). The van der Waals surface area contributed by atoms with Gasteiger partial charge in [-0.1, -0.05) is 24.6 Å². The lowest BCUT2D eigenvalue weighted by atomic mass is 9.98. The van der Waals surface area contributed by atoms with Crippen LogP contribution >= 0.6 is 0 Å². The summed E-state index contributed by atoms with van der Waals surface area (Å²) in [4.78, 5) is 37.9. The lowest BCUT2D eigenvalue weighted by Gasteiger charge is -2.29. The molecular formula is C18H23N3O3. The zero-order chi connectivity index (χ0) is 17.1. The number of imide groups is 1. The van der Waals surface area contributed by atoms with Crippen LogP contribution in [-0.4, -0.2) is 35.2 Å². The van der Waals surface area contributed by atoms with Crippen molar-refractivity contribution < 1.29 is 14.4 Å². The van der Waals surface area contributed by atoms with Crippen molar-refractivity contribution in [3.8, 4) is 0 Å². The minimum Gasteiger partial charge on any atom is -0.330 e. The van der Waals surface area contributed by atoms with Gasteiger partial charge in [-0.2, -0.15) is 0 Å². The van der Waals surface area contributed by atoms with Crippen LogP contribution in [0.1, 0.15) is 53.6 Å². The Morgan fingerprint density at radius 1 is 1.17 bits per heavy atom. The summed E-state index contributed by atoms with van der Waals surface area (Å²) in [5.74, 6) is -0.716. The number of unbranched alkanes of at least 4 members (excludes halogenated alkanes) is 2. The molecule has 6 heteroatoms. The van der Waals surface area contributed by atoms with E-state index in [0.717, 1.165) is 42.4 Å². The number of nitrogens with one attached hydrogen (secondary N) is 1. The molecule has 1 fully saturated rings. The van der Waals surface area contributed by atoms with Gasteiger partial charge in [0, 0.05) is 18.5 Å². The van der Waals surface area contributed by atoms with E-state index in [0.29, 0.717) is 19.5 Å². The minimum absolute atomic E-state index is 0.0890. The first-order valence-electron chi connectivity index (χ1n) is 8.57. The van der Waals surface area contributed by atoms with Gasteiger partial charge in [-0.05, 0) is 43.4 Å². The second-order valence-electron chi connectivity index (χ2n) is 6.45. The lowest BCUT2D eigenvalue weighted by molar-refractivity contribution is -0.136. The molecule has 3 rings (SSSR count). The number of carbonyl (C=O) groups excluding carboxylic acids is 3. The zero-order valence-corrected chi connectivity index (χ0v) is 13.7. The third kappa shape index (κ3) is 3.19. The molecule has 24 heavy (non-hydrogen) atoms. The molecule has 0 spiro atoms. The number of piperidine rings is 1. The molecular weight excluding hydrogens is 306 g/mol. The molecule has 128 valence electrons. The highest BCUT2D eigenvalue weighted by Crippen LogP contribution is 2.30. The molecule has 2 aliphatic rings. The van der Waals surface area contributed by atoms with Gasteiger partial charge >= 0.3 is 0 Å². The monoisotopic (exact) mass is 329 g/mol. The Kier molecular flexibility index (Phi) is 4.94. The zero-order valence-electron chi connectivity index (χ0n) is 13.7. The fraction of sp³-hybridized carbons (Fsp3) is 0.500. The normalized spacial score (nSPS) is 20.3. The van der Waals surface area contributed by atoms with Gasteiger partial charge in [-0.25, -0.2) is 0 Å². The molecule has 2 heterocycles. The fourth-order valence-electron chi connectivity index (χ4n) is 3.53. The third-order valence-electron chi connectivity index (χ3n) is 4.79. The summed E-state index contributed by atoms with van der Waals surface area (Å²) in [5.41, 5.74) is 8.29. The van der Waals surface area contributed by atoms with Crippen molar-refractivity contribution in [3.63, 3.8) is 0 Å². The molecule has 0 aliphatic carbocycles. The average Bonchev–Trinajstić information content (AvgIpc) is 2.89. The van der Waals surface area contributed by atoms with Crippen molar-refractivity contribution in [1.82, 2.24) is 10.2 Å². The molecule has 2 aliphatic heterocycles. The van der Waals surface area contributed by atoms with Crippen molar-refractivity contribution in [2.24, 2.45) is 5.73 Å². The van der Waals surface area contributed by atoms with Crippen LogP contribution in [0.3, 0.4) is 0 Å². The summed E-state index contributed by atoms with van der Waals surface area (Å²) in [6.07, 6.45) is 4.56. The average molecular weight is 329 g/mol. The van der Waals surface area contributed by atoms with E-state index >= 15 is 0 Å². The van der Waals surface area contributed by atoms with Crippen LogP contribution in [0.2, 0.25) is 0 Å². The SMILES string of the molecule is NCCCCCc1cccc2c1C(=O)N(C1CCC(=O)NC1=O)C2. The van der Waals surface area contributed by atoms with E-state index in [4.69, 9.17) is 5.73 Å². The van der Waals surface area contributed by atoms with E-state index in [1.165, 1.54) is 0 Å². The number of amides is 3. The van der Waals surface area contributed by atoms with Crippen molar-refractivity contribution in [3.05, 3.63) is 34.9 Å². The predicted octanol–water partition coefficient (Wildman–Crippen LogP) is 1.12. The number of hydrogen-bond donors (Lipinski definition) is 2. The van der Waals surface area contributed by atoms with E-state index in [1.807, 2.05) is 18.2 Å². The highest BCUT2D eigenvalue weighted by atomic mass is 16.2. The van der Waals surface area contributed by atoms with E-state index in [2.05, 4.69) is 5.32 Å². The Hall–Kier alpha value is -2.21. The van der Waals surface area contributed by atoms with E-state index in [-0.39, 0.29) is 24.1 Å². The van der Waals surface area contributed by atoms with Gasteiger partial charge < -0.3 is 10.6 Å². The molecule has 0 bridgehead atoms. The molecule has 1 atom stereocenters. The van der Waals surface area contributed by atoms with Crippen molar-refractivity contribution >= 4 is 17.7 Å². The molecule has 0 radical (unpaired) electrons. The second-order valence-corrected chi connectivity index (χ2v) is 6.45. The topological polar surface area (TPSA) is 92.5 Å². The maximum absolute atomic E-state index is 12.9. The molecule has 6 nitrogen and oxygen atoms in total. The number of benzene rings is 1. The summed E-state index contributed by atoms with van der Waals surface area (Å²) in [6, 6.07) is 5.36. The van der Waals surface area contributed by atoms with Crippen molar-refractivity contribution in [1.29, 1.82) is 0 Å². The quantitative estimate of drug-likeness (QED) is 0.604. The van der Waals surface area contributed by atoms with E-state index in [1.54, 1.807) is 4.90 Å². The number of fused-ring (bicyclic) bond motifs is 1. The maximum atomic E-state index is 12.9. The number of aryl methyl sites for hydroxylation is 1. The molecule has 3 amide bonds. The summed E-state index contributed by atoms with van der Waals surface area (Å²) >= 11 is 0. The van der Waals surface area contributed by atoms with Gasteiger partial charge in [0.2, 0.25) is 11.8 Å².